The van der Waals surface area contributed by atoms with Gasteiger partial charge in [-0.2, -0.15) is 0 Å². The SMILES string of the molecule is Cc1onc(-c2ccccc2)c1-c1ccc(S(=O)(=O)NC(=O)CC(C)(C)SN=O)cc1. The molecular weight excluding hydrogens is 438 g/mol. The zero-order chi connectivity index (χ0) is 22.6. The van der Waals surface area contributed by atoms with Crippen molar-refractivity contribution < 1.29 is 17.7 Å². The molecule has 0 bridgehead atoms. The van der Waals surface area contributed by atoms with Gasteiger partial charge in [-0.25, -0.2) is 13.1 Å². The molecule has 0 saturated heterocycles. The first-order chi connectivity index (χ1) is 14.6. The number of nitrogens with zero attached hydrogens (tertiary/aromatic N) is 2. The van der Waals surface area contributed by atoms with E-state index in [2.05, 4.69) is 9.74 Å². The Morgan fingerprint density at radius 1 is 1.10 bits per heavy atom. The van der Waals surface area contributed by atoms with E-state index in [1.807, 2.05) is 35.1 Å². The molecule has 0 spiro atoms. The Bertz CT molecular complexity index is 1190. The predicted octanol–water partition coefficient (Wildman–Crippen LogP) is 4.71. The molecule has 0 atom stereocenters. The Morgan fingerprint density at radius 2 is 1.74 bits per heavy atom. The van der Waals surface area contributed by atoms with Gasteiger partial charge in [0.2, 0.25) is 5.91 Å². The summed E-state index contributed by atoms with van der Waals surface area (Å²) in [4.78, 5) is 22.5. The molecule has 0 fully saturated rings. The van der Waals surface area contributed by atoms with Gasteiger partial charge in [0.25, 0.3) is 10.0 Å². The highest BCUT2D eigenvalue weighted by Gasteiger charge is 2.27. The molecule has 1 N–H and O–H groups in total. The van der Waals surface area contributed by atoms with E-state index in [1.165, 1.54) is 12.1 Å². The fraction of sp³-hybridized carbons (Fsp3) is 0.238. The van der Waals surface area contributed by atoms with Crippen molar-refractivity contribution in [2.75, 3.05) is 0 Å². The molecule has 0 radical (unpaired) electrons. The lowest BCUT2D eigenvalue weighted by Gasteiger charge is -2.18. The summed E-state index contributed by atoms with van der Waals surface area (Å²) in [6.07, 6.45) is -0.180. The molecule has 162 valence electrons. The first-order valence-electron chi connectivity index (χ1n) is 9.31. The predicted molar refractivity (Wildman–Crippen MR) is 120 cm³/mol. The van der Waals surface area contributed by atoms with Gasteiger partial charge in [-0.3, -0.25) is 4.79 Å². The van der Waals surface area contributed by atoms with E-state index in [1.54, 1.807) is 32.9 Å². The Balaban J connectivity index is 1.83. The number of sulfonamides is 1. The van der Waals surface area contributed by atoms with Gasteiger partial charge in [0.15, 0.2) is 0 Å². The van der Waals surface area contributed by atoms with Crippen LogP contribution in [0.2, 0.25) is 0 Å². The summed E-state index contributed by atoms with van der Waals surface area (Å²) in [6.45, 7) is 5.05. The van der Waals surface area contributed by atoms with Crippen molar-refractivity contribution in [1.82, 2.24) is 9.88 Å². The third-order valence-corrected chi connectivity index (χ3v) is 6.58. The summed E-state index contributed by atoms with van der Waals surface area (Å²) in [5.74, 6) is -0.113. The van der Waals surface area contributed by atoms with Gasteiger partial charge < -0.3 is 4.52 Å². The monoisotopic (exact) mass is 459 g/mol. The topological polar surface area (TPSA) is 119 Å². The second kappa shape index (κ2) is 9.03. The molecule has 8 nitrogen and oxygen atoms in total. The van der Waals surface area contributed by atoms with E-state index in [0.29, 0.717) is 23.4 Å². The molecule has 0 saturated carbocycles. The number of nitrogens with one attached hydrogen (secondary N) is 1. The zero-order valence-electron chi connectivity index (χ0n) is 17.2. The molecule has 2 aromatic carbocycles. The number of nitroso groups, excluding NO2 is 1. The fourth-order valence-corrected chi connectivity index (χ4v) is 4.45. The van der Waals surface area contributed by atoms with E-state index in [0.717, 1.165) is 16.7 Å². The second-order valence-corrected chi connectivity index (χ2v) is 10.6. The zero-order valence-corrected chi connectivity index (χ0v) is 18.8. The fourth-order valence-electron chi connectivity index (χ4n) is 3.07. The first-order valence-corrected chi connectivity index (χ1v) is 11.6. The van der Waals surface area contributed by atoms with Crippen LogP contribution >= 0.6 is 11.9 Å². The average Bonchev–Trinajstić information content (AvgIpc) is 3.09. The smallest absolute Gasteiger partial charge is 0.264 e. The highest BCUT2D eigenvalue weighted by atomic mass is 32.2. The number of rotatable bonds is 8. The molecule has 1 aromatic heterocycles. The van der Waals surface area contributed by atoms with Gasteiger partial charge >= 0.3 is 0 Å². The maximum Gasteiger partial charge on any atom is 0.264 e. The molecule has 10 heteroatoms. The lowest BCUT2D eigenvalue weighted by molar-refractivity contribution is -0.119. The second-order valence-electron chi connectivity index (χ2n) is 7.48. The number of amides is 1. The van der Waals surface area contributed by atoms with Crippen LogP contribution in [0.4, 0.5) is 0 Å². The van der Waals surface area contributed by atoms with Gasteiger partial charge in [-0.1, -0.05) is 47.6 Å². The average molecular weight is 460 g/mol. The van der Waals surface area contributed by atoms with Crippen LogP contribution in [0.1, 0.15) is 26.0 Å². The van der Waals surface area contributed by atoms with Crippen LogP contribution in [0, 0.1) is 11.8 Å². The van der Waals surface area contributed by atoms with Crippen LogP contribution in [-0.4, -0.2) is 24.2 Å². The lowest BCUT2D eigenvalue weighted by Crippen LogP contribution is -2.34. The van der Waals surface area contributed by atoms with E-state index >= 15 is 0 Å². The van der Waals surface area contributed by atoms with Crippen LogP contribution in [0.3, 0.4) is 0 Å². The standard InChI is InChI=1S/C21H21N3O5S2/c1-14-19(20(22-29-14)16-7-5-4-6-8-16)15-9-11-17(12-10-15)31(27,28)23-18(25)13-21(2,3)30-24-26/h4-12H,13H2,1-3H3,(H,23,25). The molecule has 1 amide bonds. The summed E-state index contributed by atoms with van der Waals surface area (Å²) in [7, 11) is -4.06. The van der Waals surface area contributed by atoms with Gasteiger partial charge in [0.1, 0.15) is 11.5 Å². The summed E-state index contributed by atoms with van der Waals surface area (Å²) in [5, 5.41) is 4.14. The van der Waals surface area contributed by atoms with Crippen molar-refractivity contribution in [3.8, 4) is 22.4 Å². The normalized spacial score (nSPS) is 11.8. The minimum Gasteiger partial charge on any atom is -0.360 e. The Hall–Kier alpha value is -2.98. The molecule has 0 unspecified atom stereocenters. The van der Waals surface area contributed by atoms with Gasteiger partial charge in [-0.05, 0) is 38.5 Å². The number of hydrogen-bond donors (Lipinski definition) is 1. The molecule has 0 aliphatic carbocycles. The number of carbonyl (C=O) groups is 1. The van der Waals surface area contributed by atoms with Crippen LogP contribution in [-0.2, 0) is 14.8 Å². The largest absolute Gasteiger partial charge is 0.360 e. The van der Waals surface area contributed by atoms with Crippen molar-refractivity contribution in [3.63, 3.8) is 0 Å². The lowest BCUT2D eigenvalue weighted by atomic mass is 10.00. The molecule has 31 heavy (non-hydrogen) atoms. The Morgan fingerprint density at radius 3 is 2.35 bits per heavy atom. The van der Waals surface area contributed by atoms with Gasteiger partial charge in [-0.15, -0.1) is 4.91 Å². The van der Waals surface area contributed by atoms with E-state index in [9.17, 15) is 18.1 Å². The molecule has 1 heterocycles. The number of hydrogen-bond acceptors (Lipinski definition) is 8. The van der Waals surface area contributed by atoms with Gasteiger partial charge in [0.05, 0.1) is 10.5 Å². The Kier molecular flexibility index (Phi) is 6.61. The maximum absolute atomic E-state index is 12.6. The van der Waals surface area contributed by atoms with E-state index < -0.39 is 20.7 Å². The van der Waals surface area contributed by atoms with Crippen LogP contribution in [0.5, 0.6) is 0 Å². The minimum atomic E-state index is -4.06. The van der Waals surface area contributed by atoms with Crippen LogP contribution in [0.15, 0.2) is 68.6 Å². The summed E-state index contributed by atoms with van der Waals surface area (Å²) >= 11 is 0.684. The first kappa shape index (κ1) is 22.7. The molecule has 0 aliphatic rings. The third-order valence-electron chi connectivity index (χ3n) is 4.48. The van der Waals surface area contributed by atoms with Crippen molar-refractivity contribution in [3.05, 3.63) is 65.3 Å². The van der Waals surface area contributed by atoms with Crippen molar-refractivity contribution >= 4 is 27.9 Å². The highest BCUT2D eigenvalue weighted by molar-refractivity contribution is 7.99. The van der Waals surface area contributed by atoms with Crippen molar-refractivity contribution in [1.29, 1.82) is 0 Å². The molecule has 3 rings (SSSR count). The number of benzene rings is 2. The third kappa shape index (κ3) is 5.39. The minimum absolute atomic E-state index is 0.0565. The molecule has 0 aliphatic heterocycles. The molecule has 3 aromatic rings. The number of aromatic nitrogens is 1. The highest BCUT2D eigenvalue weighted by Crippen LogP contribution is 2.34. The maximum atomic E-state index is 12.6. The number of carbonyl (C=O) groups excluding carboxylic acids is 1. The van der Waals surface area contributed by atoms with E-state index in [4.69, 9.17) is 4.52 Å². The van der Waals surface area contributed by atoms with Crippen molar-refractivity contribution in [2.24, 2.45) is 4.58 Å². The Labute approximate surface area is 184 Å². The van der Waals surface area contributed by atoms with Crippen LogP contribution < -0.4 is 4.72 Å². The summed E-state index contributed by atoms with van der Waals surface area (Å²) in [5.41, 5.74) is 3.03. The van der Waals surface area contributed by atoms with Crippen molar-refractivity contribution in [2.45, 2.75) is 36.8 Å². The van der Waals surface area contributed by atoms with E-state index in [-0.39, 0.29) is 11.3 Å². The number of aryl methyl sites for hydroxylation is 1. The van der Waals surface area contributed by atoms with Crippen LogP contribution in [0.25, 0.3) is 22.4 Å². The molecular formula is C21H21N3O5S2. The summed E-state index contributed by atoms with van der Waals surface area (Å²) in [6, 6.07) is 15.6. The quantitative estimate of drug-likeness (QED) is 0.383. The summed E-state index contributed by atoms with van der Waals surface area (Å²) < 4.78 is 34.5. The van der Waals surface area contributed by atoms with Gasteiger partial charge in [0, 0.05) is 33.3 Å².